The summed E-state index contributed by atoms with van der Waals surface area (Å²) in [7, 11) is 8.18. The van der Waals surface area contributed by atoms with Crippen molar-refractivity contribution in [2.24, 2.45) is 0 Å². The lowest BCUT2D eigenvalue weighted by Crippen LogP contribution is -1.71. The van der Waals surface area contributed by atoms with Gasteiger partial charge in [0.15, 0.2) is 0 Å². The van der Waals surface area contributed by atoms with Crippen molar-refractivity contribution in [2.45, 2.75) is 6.04 Å². The molecule has 0 aliphatic carbocycles. The normalized spacial score (nSPS) is 7.40. The van der Waals surface area contributed by atoms with Crippen molar-refractivity contribution in [1.29, 1.82) is 0 Å². The van der Waals surface area contributed by atoms with Crippen LogP contribution in [0.4, 0.5) is 0 Å². The molecule has 5 radical (unpaired) electrons. The van der Waals surface area contributed by atoms with Crippen LogP contribution in [-0.2, 0) is 0 Å². The van der Waals surface area contributed by atoms with E-state index >= 15 is 0 Å². The van der Waals surface area contributed by atoms with Gasteiger partial charge in [-0.2, -0.15) is 0 Å². The van der Waals surface area contributed by atoms with Crippen molar-refractivity contribution in [1.82, 2.24) is 0 Å². The molecule has 23 valence electrons. The molecule has 0 spiro atoms. The molecule has 0 aromatic heterocycles. The molecular formula is C3H4BSi. The fraction of sp³-hybridized carbons (Fsp3) is 0.333. The monoisotopic (exact) mass is 79.0 g/mol. The first-order chi connectivity index (χ1) is 2.27. The molecule has 0 fully saturated rings. The SMILES string of the molecule is [B]C(=C)C[Si]. The molecule has 5 heavy (non-hydrogen) atoms. The van der Waals surface area contributed by atoms with E-state index in [1.54, 1.807) is 0 Å². The molecule has 0 amide bonds. The Morgan fingerprint density at radius 1 is 2.00 bits per heavy atom. The summed E-state index contributed by atoms with van der Waals surface area (Å²) in [6, 6.07) is 0.694. The lowest BCUT2D eigenvalue weighted by Gasteiger charge is -1.79. The summed E-state index contributed by atoms with van der Waals surface area (Å²) < 4.78 is 0. The molecule has 0 aromatic rings. The summed E-state index contributed by atoms with van der Waals surface area (Å²) in [4.78, 5) is 0. The van der Waals surface area contributed by atoms with Crippen LogP contribution in [0.3, 0.4) is 0 Å². The van der Waals surface area contributed by atoms with E-state index in [1.165, 1.54) is 0 Å². The zero-order chi connectivity index (χ0) is 4.28. The van der Waals surface area contributed by atoms with E-state index in [-0.39, 0.29) is 0 Å². The average Bonchev–Trinajstić information content (AvgIpc) is 1.38. The van der Waals surface area contributed by atoms with Gasteiger partial charge < -0.3 is 0 Å². The predicted molar refractivity (Wildman–Crippen MR) is 25.5 cm³/mol. The Labute approximate surface area is 37.1 Å². The van der Waals surface area contributed by atoms with E-state index in [0.717, 1.165) is 0 Å². The number of rotatable bonds is 1. The van der Waals surface area contributed by atoms with Crippen LogP contribution in [-0.4, -0.2) is 18.1 Å². The average molecular weight is 79.0 g/mol. The van der Waals surface area contributed by atoms with Gasteiger partial charge in [-0.15, -0.1) is 12.1 Å². The lowest BCUT2D eigenvalue weighted by atomic mass is 10.0. The lowest BCUT2D eigenvalue weighted by molar-refractivity contribution is 1.68. The first-order valence-electron chi connectivity index (χ1n) is 1.35. The highest BCUT2D eigenvalue weighted by Gasteiger charge is 1.68. The second-order valence-electron chi connectivity index (χ2n) is 0.835. The molecule has 0 aliphatic rings. The van der Waals surface area contributed by atoms with Gasteiger partial charge in [0.2, 0.25) is 0 Å². The van der Waals surface area contributed by atoms with E-state index in [9.17, 15) is 0 Å². The molecular weight excluding hydrogens is 74.9 g/mol. The summed E-state index contributed by atoms with van der Waals surface area (Å²) >= 11 is 0. The minimum Gasteiger partial charge on any atom is -0.128 e. The van der Waals surface area contributed by atoms with Crippen molar-refractivity contribution < 1.29 is 0 Å². The van der Waals surface area contributed by atoms with Crippen LogP contribution in [0.1, 0.15) is 0 Å². The summed E-state index contributed by atoms with van der Waals surface area (Å²) in [5, 5.41) is 0. The third-order valence-corrected chi connectivity index (χ3v) is 0.681. The molecule has 0 N–H and O–H groups in total. The Kier molecular flexibility index (Phi) is 2.28. The molecule has 0 unspecified atom stereocenters. The van der Waals surface area contributed by atoms with Gasteiger partial charge in [-0.3, -0.25) is 0 Å². The molecule has 0 aliphatic heterocycles. The third kappa shape index (κ3) is 4.02. The van der Waals surface area contributed by atoms with Gasteiger partial charge in [-0.05, 0) is 0 Å². The van der Waals surface area contributed by atoms with E-state index in [0.29, 0.717) is 11.5 Å². The zero-order valence-electron chi connectivity index (χ0n) is 2.99. The van der Waals surface area contributed by atoms with E-state index < -0.39 is 0 Å². The second-order valence-corrected chi connectivity index (χ2v) is 1.19. The molecule has 2 heteroatoms. The number of allylic oxidation sites excluding steroid dienone is 1. The highest BCUT2D eigenvalue weighted by Crippen LogP contribution is 1.80. The van der Waals surface area contributed by atoms with Crippen molar-refractivity contribution >= 4 is 18.1 Å². The van der Waals surface area contributed by atoms with Gasteiger partial charge in [0.25, 0.3) is 0 Å². The Morgan fingerprint density at radius 2 is 2.20 bits per heavy atom. The number of hydrogen-bond acceptors (Lipinski definition) is 0. The van der Waals surface area contributed by atoms with Gasteiger partial charge in [-0.25, -0.2) is 0 Å². The van der Waals surface area contributed by atoms with Crippen molar-refractivity contribution in [3.8, 4) is 0 Å². The second kappa shape index (κ2) is 2.27. The van der Waals surface area contributed by atoms with Crippen molar-refractivity contribution in [2.75, 3.05) is 0 Å². The van der Waals surface area contributed by atoms with Crippen LogP contribution >= 0.6 is 0 Å². The largest absolute Gasteiger partial charge is 0.128 e. The summed E-state index contributed by atoms with van der Waals surface area (Å²) in [5.41, 5.74) is 0.668. The molecule has 0 saturated heterocycles. The van der Waals surface area contributed by atoms with Crippen LogP contribution in [0, 0.1) is 0 Å². The zero-order valence-corrected chi connectivity index (χ0v) is 3.99. The molecule has 0 bridgehead atoms. The predicted octanol–water partition coefficient (Wildman–Crippen LogP) is 0.255. The highest BCUT2D eigenvalue weighted by atomic mass is 28.1. The van der Waals surface area contributed by atoms with Crippen LogP contribution < -0.4 is 0 Å². The molecule has 0 aromatic carbocycles. The van der Waals surface area contributed by atoms with E-state index in [1.807, 2.05) is 0 Å². The molecule has 0 nitrogen and oxygen atoms in total. The van der Waals surface area contributed by atoms with Gasteiger partial charge in [0, 0.05) is 10.2 Å². The van der Waals surface area contributed by atoms with Gasteiger partial charge in [-0.1, -0.05) is 6.04 Å². The van der Waals surface area contributed by atoms with E-state index in [4.69, 9.17) is 7.85 Å². The minimum absolute atomic E-state index is 0.668. The Hall–Kier alpha value is 0.0218. The summed E-state index contributed by atoms with van der Waals surface area (Å²) in [5.74, 6) is 0. The Bertz CT molecular complexity index is 42.2. The molecule has 0 rings (SSSR count). The quantitative estimate of drug-likeness (QED) is 0.395. The maximum absolute atomic E-state index is 5.05. The third-order valence-electron chi connectivity index (χ3n) is 0.227. The molecule has 0 saturated carbocycles. The molecule has 0 atom stereocenters. The van der Waals surface area contributed by atoms with Gasteiger partial charge in [0.1, 0.15) is 7.85 Å². The van der Waals surface area contributed by atoms with Crippen LogP contribution in [0.5, 0.6) is 0 Å². The summed E-state index contributed by atoms with van der Waals surface area (Å²) in [6.45, 7) is 3.40. The number of hydrogen-bond donors (Lipinski definition) is 0. The summed E-state index contributed by atoms with van der Waals surface area (Å²) in [6.07, 6.45) is 0. The van der Waals surface area contributed by atoms with Crippen LogP contribution in [0.25, 0.3) is 0 Å². The topological polar surface area (TPSA) is 0 Å². The Morgan fingerprint density at radius 3 is 2.20 bits per heavy atom. The minimum atomic E-state index is 0.668. The van der Waals surface area contributed by atoms with Crippen molar-refractivity contribution in [3.05, 3.63) is 12.1 Å². The van der Waals surface area contributed by atoms with Crippen LogP contribution in [0.15, 0.2) is 12.1 Å². The molecule has 0 heterocycles. The van der Waals surface area contributed by atoms with E-state index in [2.05, 4.69) is 16.8 Å². The maximum atomic E-state index is 5.05. The first-order valence-corrected chi connectivity index (χ1v) is 2.06. The standard InChI is InChI=1S/C3H4BSi/c1-3(4)2-5/h1-2H2. The maximum Gasteiger partial charge on any atom is 0.106 e. The van der Waals surface area contributed by atoms with Crippen molar-refractivity contribution in [3.63, 3.8) is 0 Å². The van der Waals surface area contributed by atoms with Gasteiger partial charge >= 0.3 is 0 Å². The smallest absolute Gasteiger partial charge is 0.106 e. The van der Waals surface area contributed by atoms with Crippen LogP contribution in [0.2, 0.25) is 6.04 Å². The highest BCUT2D eigenvalue weighted by molar-refractivity contribution is 6.27. The fourth-order valence-corrected chi connectivity index (χ4v) is 0. The Balaban J connectivity index is 2.85. The fourth-order valence-electron chi connectivity index (χ4n) is 0. The van der Waals surface area contributed by atoms with Gasteiger partial charge in [0.05, 0.1) is 0 Å². The first kappa shape index (κ1) is 5.02.